The number of carbonyl (C=O) groups excluding carboxylic acids is 1. The summed E-state index contributed by atoms with van der Waals surface area (Å²) < 4.78 is 14.1. The lowest BCUT2D eigenvalue weighted by Gasteiger charge is -2.29. The zero-order valence-corrected chi connectivity index (χ0v) is 21.2. The van der Waals surface area contributed by atoms with Crippen LogP contribution in [0.4, 0.5) is 0 Å². The zero-order valence-electron chi connectivity index (χ0n) is 20.3. The van der Waals surface area contributed by atoms with Gasteiger partial charge in [0.1, 0.15) is 0 Å². The second-order valence-electron chi connectivity index (χ2n) is 8.15. The van der Waals surface area contributed by atoms with Crippen molar-refractivity contribution in [3.63, 3.8) is 0 Å². The minimum absolute atomic E-state index is 0.0129. The van der Waals surface area contributed by atoms with Crippen LogP contribution in [0, 0.1) is 0 Å². The van der Waals surface area contributed by atoms with Crippen LogP contribution in [0.2, 0.25) is 0 Å². The number of rotatable bonds is 11. The Hall–Kier alpha value is -2.58. The number of ketones is 1. The smallest absolute Gasteiger partial charge is 0.321 e. The molecule has 0 saturated heterocycles. The van der Waals surface area contributed by atoms with Crippen LogP contribution in [0.3, 0.4) is 0 Å². The van der Waals surface area contributed by atoms with Gasteiger partial charge in [-0.3, -0.25) is 4.79 Å². The Balaban J connectivity index is 2.32. The number of nitrogens with zero attached hydrogens (tertiary/aromatic N) is 1. The normalized spacial score (nSPS) is 13.0. The molecule has 1 aliphatic rings. The minimum atomic E-state index is -1.41. The molecule has 0 aliphatic heterocycles. The van der Waals surface area contributed by atoms with Crippen LogP contribution in [-0.2, 0) is 26.7 Å². The number of hydrogen-bond donors (Lipinski definition) is 0. The number of allylic oxidation sites excluding steroid dienone is 2. The summed E-state index contributed by atoms with van der Waals surface area (Å²) in [5.41, 5.74) is 17.5. The Morgan fingerprint density at radius 2 is 1.91 bits per heavy atom. The summed E-state index contributed by atoms with van der Waals surface area (Å²) >= 11 is 0. The van der Waals surface area contributed by atoms with E-state index < -0.39 is 8.53 Å². The minimum Gasteiger partial charge on any atom is -0.431 e. The number of hydrogen-bond acceptors (Lipinski definition) is 4. The van der Waals surface area contributed by atoms with E-state index in [9.17, 15) is 4.79 Å². The van der Waals surface area contributed by atoms with E-state index in [1.807, 2.05) is 24.7 Å². The molecular formula is C28H34NO3P. The molecule has 2 rings (SSSR count). The molecule has 0 bridgehead atoms. The predicted molar refractivity (Wildman–Crippen MR) is 136 cm³/mol. The molecule has 33 heavy (non-hydrogen) atoms. The van der Waals surface area contributed by atoms with Gasteiger partial charge in [0.15, 0.2) is 11.5 Å². The van der Waals surface area contributed by atoms with E-state index in [0.29, 0.717) is 17.9 Å². The van der Waals surface area contributed by atoms with Gasteiger partial charge in [0.25, 0.3) is 0 Å². The molecule has 5 heteroatoms. The molecule has 0 aromatic heterocycles. The first-order valence-electron chi connectivity index (χ1n) is 11.4. The number of benzene rings is 1. The molecule has 1 aliphatic carbocycles. The average molecular weight is 464 g/mol. The molecule has 174 valence electrons. The first-order valence-corrected chi connectivity index (χ1v) is 12.6. The van der Waals surface area contributed by atoms with E-state index in [1.54, 1.807) is 0 Å². The second kappa shape index (κ2) is 13.9. The number of Topliss-reactive ketones (excluding diaryl/α,β-unsaturated/α-hetero) is 1. The van der Waals surface area contributed by atoms with E-state index >= 15 is 0 Å². The van der Waals surface area contributed by atoms with Crippen LogP contribution in [0.5, 0.6) is 0 Å². The Bertz CT molecular complexity index is 1060. The standard InChI is InChI=1S/C28H34NO3P/c1-7-10-11-16-26(32-33(31-19-8-2)29(6)22(4)5)21-28(30)27(9-3)25-18-17-23-14-12-13-15-24(23)20-25/h17-18,20,22H,1,3,8,12-15,19,21H2,2,4-6H3. The molecule has 0 saturated carbocycles. The van der Waals surface area contributed by atoms with Gasteiger partial charge in [-0.15, -0.1) is 5.73 Å². The summed E-state index contributed by atoms with van der Waals surface area (Å²) in [6.45, 7) is 14.0. The first-order chi connectivity index (χ1) is 15.9. The van der Waals surface area contributed by atoms with Crippen molar-refractivity contribution < 1.29 is 13.8 Å². The van der Waals surface area contributed by atoms with Crippen molar-refractivity contribution >= 4 is 19.9 Å². The number of fused-ring (bicyclic) bond motifs is 1. The van der Waals surface area contributed by atoms with Crippen molar-refractivity contribution in [2.75, 3.05) is 13.7 Å². The fourth-order valence-electron chi connectivity index (χ4n) is 3.36. The van der Waals surface area contributed by atoms with Gasteiger partial charge in [0.05, 0.1) is 18.6 Å². The van der Waals surface area contributed by atoms with E-state index in [2.05, 4.69) is 67.8 Å². The highest BCUT2D eigenvalue weighted by atomic mass is 31.2. The van der Waals surface area contributed by atoms with Crippen LogP contribution in [0.25, 0.3) is 5.57 Å². The maximum absolute atomic E-state index is 13.3. The SMILES string of the molecule is C=C=C=C=C=C(CC(=O)C(=C=C)c1ccc2c(c1)CCCC2)OP(OCCC)N(C)C(C)C. The Kier molecular flexibility index (Phi) is 11.2. The highest BCUT2D eigenvalue weighted by Gasteiger charge is 2.25. The molecule has 0 N–H and O–H groups in total. The van der Waals surface area contributed by atoms with E-state index in [-0.39, 0.29) is 18.2 Å². The van der Waals surface area contributed by atoms with Gasteiger partial charge < -0.3 is 9.05 Å². The molecule has 1 atom stereocenters. The van der Waals surface area contributed by atoms with Crippen LogP contribution < -0.4 is 0 Å². The maximum Gasteiger partial charge on any atom is 0.321 e. The van der Waals surface area contributed by atoms with E-state index in [0.717, 1.165) is 24.8 Å². The number of carbonyl (C=O) groups is 1. The molecule has 1 unspecified atom stereocenters. The lowest BCUT2D eigenvalue weighted by Crippen LogP contribution is -2.23. The van der Waals surface area contributed by atoms with Crippen molar-refractivity contribution in [2.45, 2.75) is 65.3 Å². The van der Waals surface area contributed by atoms with Crippen molar-refractivity contribution in [1.82, 2.24) is 4.67 Å². The summed E-state index contributed by atoms with van der Waals surface area (Å²) in [5, 5.41) is 0. The Morgan fingerprint density at radius 3 is 2.55 bits per heavy atom. The van der Waals surface area contributed by atoms with Crippen LogP contribution in [0.1, 0.15) is 63.1 Å². The van der Waals surface area contributed by atoms with Gasteiger partial charge in [0, 0.05) is 6.04 Å². The third kappa shape index (κ3) is 8.05. The van der Waals surface area contributed by atoms with Gasteiger partial charge in [-0.2, -0.15) is 0 Å². The molecule has 1 aromatic carbocycles. The largest absolute Gasteiger partial charge is 0.431 e. The fourth-order valence-corrected chi connectivity index (χ4v) is 4.74. The monoisotopic (exact) mass is 463 g/mol. The quantitative estimate of drug-likeness (QED) is 0.156. The molecule has 0 amide bonds. The molecule has 0 spiro atoms. The summed E-state index contributed by atoms with van der Waals surface area (Å²) in [6, 6.07) is 6.41. The van der Waals surface area contributed by atoms with Gasteiger partial charge in [-0.05, 0) is 93.5 Å². The summed E-state index contributed by atoms with van der Waals surface area (Å²) in [4.78, 5) is 13.3. The first kappa shape index (κ1) is 26.7. The molecule has 4 nitrogen and oxygen atoms in total. The molecule has 1 aromatic rings. The third-order valence-electron chi connectivity index (χ3n) is 5.37. The van der Waals surface area contributed by atoms with Crippen LogP contribution in [-0.4, -0.2) is 30.2 Å². The highest BCUT2D eigenvalue weighted by molar-refractivity contribution is 7.44. The Labute approximate surface area is 200 Å². The molecule has 0 heterocycles. The van der Waals surface area contributed by atoms with Crippen LogP contribution in [0.15, 0.2) is 65.8 Å². The van der Waals surface area contributed by atoms with E-state index in [1.165, 1.54) is 24.0 Å². The lowest BCUT2D eigenvalue weighted by atomic mass is 9.88. The van der Waals surface area contributed by atoms with Gasteiger partial charge in [-0.1, -0.05) is 37.4 Å². The highest BCUT2D eigenvalue weighted by Crippen LogP contribution is 2.45. The Morgan fingerprint density at radius 1 is 1.18 bits per heavy atom. The zero-order chi connectivity index (χ0) is 24.2. The van der Waals surface area contributed by atoms with Gasteiger partial charge >= 0.3 is 8.53 Å². The number of aryl methyl sites for hydroxylation is 2. The van der Waals surface area contributed by atoms with Crippen molar-refractivity contribution in [3.8, 4) is 0 Å². The third-order valence-corrected chi connectivity index (χ3v) is 7.12. The molecule has 0 radical (unpaired) electrons. The van der Waals surface area contributed by atoms with Gasteiger partial charge in [-0.25, -0.2) is 4.67 Å². The second-order valence-corrected chi connectivity index (χ2v) is 9.69. The van der Waals surface area contributed by atoms with Crippen molar-refractivity contribution in [2.24, 2.45) is 0 Å². The molecule has 0 fully saturated rings. The van der Waals surface area contributed by atoms with E-state index in [4.69, 9.17) is 9.05 Å². The van der Waals surface area contributed by atoms with Crippen LogP contribution >= 0.6 is 8.53 Å². The van der Waals surface area contributed by atoms with Gasteiger partial charge in [0.2, 0.25) is 0 Å². The summed E-state index contributed by atoms with van der Waals surface area (Å²) in [6.07, 6.45) is 5.38. The van der Waals surface area contributed by atoms with Crippen molar-refractivity contribution in [3.05, 3.63) is 82.5 Å². The summed E-state index contributed by atoms with van der Waals surface area (Å²) in [5.74, 6) is 0.174. The topological polar surface area (TPSA) is 38.8 Å². The lowest BCUT2D eigenvalue weighted by molar-refractivity contribution is -0.113. The maximum atomic E-state index is 13.3. The fraction of sp³-hybridized carbons (Fsp3) is 0.429. The predicted octanol–water partition coefficient (Wildman–Crippen LogP) is 6.84. The van der Waals surface area contributed by atoms with Crippen molar-refractivity contribution in [1.29, 1.82) is 0 Å². The average Bonchev–Trinajstić information content (AvgIpc) is 2.81. The summed E-state index contributed by atoms with van der Waals surface area (Å²) in [7, 11) is 0.531. The molecular weight excluding hydrogens is 429 g/mol.